The van der Waals surface area contributed by atoms with E-state index >= 15 is 0 Å². The van der Waals surface area contributed by atoms with Gasteiger partial charge in [0.2, 0.25) is 5.79 Å². The number of hydrogen-bond acceptors (Lipinski definition) is 7. The van der Waals surface area contributed by atoms with E-state index < -0.39 is 12.7 Å². The molecule has 0 bridgehead atoms. The molecule has 3 saturated heterocycles. The number of rotatable bonds is 1. The molecule has 4 rings (SSSR count). The lowest BCUT2D eigenvalue weighted by atomic mass is 9.98. The first-order chi connectivity index (χ1) is 11.8. The Morgan fingerprint density at radius 3 is 2.12 bits per heavy atom. The van der Waals surface area contributed by atoms with Crippen LogP contribution in [0, 0.1) is 0 Å². The second-order valence-electron chi connectivity index (χ2n) is 6.33. The molecule has 7 nitrogen and oxygen atoms in total. The van der Waals surface area contributed by atoms with E-state index in [0.717, 1.165) is 13.1 Å². The van der Waals surface area contributed by atoms with Gasteiger partial charge in [0.15, 0.2) is 0 Å². The van der Waals surface area contributed by atoms with Crippen LogP contribution in [0.25, 0.3) is 0 Å². The Labute approximate surface area is 141 Å². The number of ether oxygens (including phenoxy) is 2. The summed E-state index contributed by atoms with van der Waals surface area (Å²) in [6.45, 7) is 1.91. The van der Waals surface area contributed by atoms with Gasteiger partial charge in [-0.05, 0) is 5.56 Å². The topological polar surface area (TPSA) is 67.4 Å². The Kier molecular flexibility index (Phi) is 4.87. The highest BCUT2D eigenvalue weighted by Crippen LogP contribution is 2.33. The van der Waals surface area contributed by atoms with Crippen molar-refractivity contribution in [3.05, 3.63) is 35.9 Å². The molecule has 3 heterocycles. The largest absolute Gasteiger partial charge is 0.531 e. The van der Waals surface area contributed by atoms with Gasteiger partial charge in [0.05, 0.1) is 26.4 Å². The van der Waals surface area contributed by atoms with E-state index in [2.05, 4.69) is 17.4 Å². The second kappa shape index (κ2) is 7.09. The Hall–Kier alpha value is -0.995. The summed E-state index contributed by atoms with van der Waals surface area (Å²) < 4.78 is 34.9. The molecule has 8 heteroatoms. The third-order valence-electron chi connectivity index (χ3n) is 4.58. The fourth-order valence-electron chi connectivity index (χ4n) is 3.14. The van der Waals surface area contributed by atoms with Crippen LogP contribution >= 0.6 is 0 Å². The van der Waals surface area contributed by atoms with Crippen molar-refractivity contribution in [3.8, 4) is 0 Å². The van der Waals surface area contributed by atoms with Crippen LogP contribution in [0.3, 0.4) is 0 Å². The van der Waals surface area contributed by atoms with Crippen molar-refractivity contribution in [2.24, 2.45) is 0 Å². The number of nitrogens with one attached hydrogen (secondary N) is 1. The smallest absolute Gasteiger partial charge is 0.518 e. The second-order valence-corrected chi connectivity index (χ2v) is 6.33. The molecule has 0 radical (unpaired) electrons. The molecule has 3 aliphatic heterocycles. The molecule has 0 aliphatic carbocycles. The minimum atomic E-state index is -2.16. The van der Waals surface area contributed by atoms with Crippen molar-refractivity contribution >= 4 is 6.96 Å². The van der Waals surface area contributed by atoms with Crippen LogP contribution in [0.5, 0.6) is 0 Å². The zero-order valence-corrected chi connectivity index (χ0v) is 13.6. The number of hydrogen-bond donors (Lipinski definition) is 1. The molecule has 0 amide bonds. The quantitative estimate of drug-likeness (QED) is 0.755. The maximum atomic E-state index is 5.98. The van der Waals surface area contributed by atoms with Crippen LogP contribution < -0.4 is 5.32 Å². The minimum Gasteiger partial charge on any atom is -0.518 e. The zero-order valence-electron chi connectivity index (χ0n) is 13.6. The van der Waals surface area contributed by atoms with Crippen LogP contribution in [-0.4, -0.2) is 65.5 Å². The first-order valence-corrected chi connectivity index (χ1v) is 8.51. The molecular formula is C16H23BNO6-. The van der Waals surface area contributed by atoms with Crippen molar-refractivity contribution in [2.75, 3.05) is 52.7 Å². The van der Waals surface area contributed by atoms with Crippen LogP contribution in [-0.2, 0) is 28.1 Å². The average Bonchev–Trinajstić information content (AvgIpc) is 2.62. The van der Waals surface area contributed by atoms with E-state index in [0.29, 0.717) is 26.4 Å². The molecule has 0 atom stereocenters. The predicted octanol–water partition coefficient (Wildman–Crippen LogP) is 0.632. The maximum Gasteiger partial charge on any atom is 0.531 e. The van der Waals surface area contributed by atoms with Crippen molar-refractivity contribution in [1.82, 2.24) is 5.32 Å². The van der Waals surface area contributed by atoms with Crippen molar-refractivity contribution in [1.29, 1.82) is 0 Å². The lowest BCUT2D eigenvalue weighted by Crippen LogP contribution is -2.64. The summed E-state index contributed by atoms with van der Waals surface area (Å²) in [7, 11) is 0. The van der Waals surface area contributed by atoms with Gasteiger partial charge in [-0.15, -0.1) is 0 Å². The van der Waals surface area contributed by atoms with Gasteiger partial charge >= 0.3 is 6.96 Å². The summed E-state index contributed by atoms with van der Waals surface area (Å²) in [6.07, 6.45) is 0. The zero-order chi connectivity index (χ0) is 16.3. The van der Waals surface area contributed by atoms with Gasteiger partial charge in [0.1, 0.15) is 0 Å². The normalized spacial score (nSPS) is 27.7. The summed E-state index contributed by atoms with van der Waals surface area (Å²) in [5, 5.41) is 3.19. The SMILES string of the molecule is c1ccc(C2COC3(CO[B-]4(OCCNCCO4)OC3)OC2)cc1. The van der Waals surface area contributed by atoms with E-state index in [1.807, 2.05) is 18.2 Å². The van der Waals surface area contributed by atoms with E-state index in [1.54, 1.807) is 0 Å². The number of benzene rings is 1. The molecule has 0 unspecified atom stereocenters. The Morgan fingerprint density at radius 1 is 0.875 bits per heavy atom. The molecule has 132 valence electrons. The summed E-state index contributed by atoms with van der Waals surface area (Å²) in [5.41, 5.74) is 1.21. The molecular weight excluding hydrogens is 313 g/mol. The van der Waals surface area contributed by atoms with E-state index in [1.165, 1.54) is 5.56 Å². The monoisotopic (exact) mass is 336 g/mol. The molecule has 0 saturated carbocycles. The predicted molar refractivity (Wildman–Crippen MR) is 86.2 cm³/mol. The molecule has 3 fully saturated rings. The highest BCUT2D eigenvalue weighted by Gasteiger charge is 2.47. The molecule has 1 aromatic carbocycles. The van der Waals surface area contributed by atoms with Gasteiger partial charge in [-0.25, -0.2) is 0 Å². The first kappa shape index (κ1) is 16.5. The Bertz CT molecular complexity index is 517. The van der Waals surface area contributed by atoms with Gasteiger partial charge < -0.3 is 33.4 Å². The molecule has 0 aromatic heterocycles. The van der Waals surface area contributed by atoms with Gasteiger partial charge in [-0.3, -0.25) is 0 Å². The van der Waals surface area contributed by atoms with E-state index in [4.69, 9.17) is 28.1 Å². The van der Waals surface area contributed by atoms with Crippen LogP contribution in [0.1, 0.15) is 11.5 Å². The first-order valence-electron chi connectivity index (χ1n) is 8.51. The van der Waals surface area contributed by atoms with Gasteiger partial charge in [0, 0.05) is 32.2 Å². The standard InChI is InChI=1S/C16H23BNO6/c1-2-4-14(5-3-1)15-10-19-16(20-11-15)12-23-17(24-13-16)21-8-6-18-7-9-22-17/h1-5,15,18H,6-13H2/q-1. The highest BCUT2D eigenvalue weighted by molar-refractivity contribution is 6.53. The lowest BCUT2D eigenvalue weighted by Gasteiger charge is -2.52. The molecule has 2 spiro atoms. The van der Waals surface area contributed by atoms with Gasteiger partial charge in [-0.1, -0.05) is 30.3 Å². The molecule has 1 N–H and O–H groups in total. The third-order valence-corrected chi connectivity index (χ3v) is 4.58. The van der Waals surface area contributed by atoms with Crippen molar-refractivity contribution in [3.63, 3.8) is 0 Å². The Balaban J connectivity index is 1.34. The molecule has 1 aromatic rings. The Morgan fingerprint density at radius 2 is 1.50 bits per heavy atom. The fourth-order valence-corrected chi connectivity index (χ4v) is 3.14. The lowest BCUT2D eigenvalue weighted by molar-refractivity contribution is -0.322. The van der Waals surface area contributed by atoms with Crippen LogP contribution in [0.4, 0.5) is 0 Å². The van der Waals surface area contributed by atoms with E-state index in [9.17, 15) is 0 Å². The van der Waals surface area contributed by atoms with E-state index in [-0.39, 0.29) is 19.1 Å². The summed E-state index contributed by atoms with van der Waals surface area (Å²) in [5.74, 6) is -0.649. The summed E-state index contributed by atoms with van der Waals surface area (Å²) in [4.78, 5) is 0. The van der Waals surface area contributed by atoms with Crippen molar-refractivity contribution in [2.45, 2.75) is 11.7 Å². The van der Waals surface area contributed by atoms with Crippen LogP contribution in [0.2, 0.25) is 0 Å². The minimum absolute atomic E-state index is 0.221. The molecule has 24 heavy (non-hydrogen) atoms. The van der Waals surface area contributed by atoms with Crippen LogP contribution in [0.15, 0.2) is 30.3 Å². The fraction of sp³-hybridized carbons (Fsp3) is 0.625. The van der Waals surface area contributed by atoms with Gasteiger partial charge in [0.25, 0.3) is 0 Å². The summed E-state index contributed by atoms with van der Waals surface area (Å²) in [6, 6.07) is 10.2. The summed E-state index contributed by atoms with van der Waals surface area (Å²) >= 11 is 0. The third kappa shape index (κ3) is 3.50. The highest BCUT2D eigenvalue weighted by atomic mass is 16.9. The average molecular weight is 336 g/mol. The van der Waals surface area contributed by atoms with Crippen molar-refractivity contribution < 1.29 is 28.1 Å². The maximum absolute atomic E-state index is 5.98. The molecule has 3 aliphatic rings. The van der Waals surface area contributed by atoms with Gasteiger partial charge in [-0.2, -0.15) is 0 Å².